The summed E-state index contributed by atoms with van der Waals surface area (Å²) in [4.78, 5) is 17.3. The van der Waals surface area contributed by atoms with Crippen LogP contribution in [0.15, 0.2) is 11.2 Å². The lowest BCUT2D eigenvalue weighted by atomic mass is 10.4. The first-order valence-electron chi connectivity index (χ1n) is 3.38. The SMILES string of the molecule is CS(=O)(=O)c1cnc(N)c(C(=O)O)n1. The van der Waals surface area contributed by atoms with Crippen molar-refractivity contribution >= 4 is 21.6 Å². The zero-order valence-corrected chi connectivity index (χ0v) is 7.95. The van der Waals surface area contributed by atoms with Gasteiger partial charge >= 0.3 is 5.97 Å². The summed E-state index contributed by atoms with van der Waals surface area (Å²) in [6.07, 6.45) is 1.82. The van der Waals surface area contributed by atoms with Crippen LogP contribution in [0.2, 0.25) is 0 Å². The average Bonchev–Trinajstić information content (AvgIpc) is 2.02. The first-order chi connectivity index (χ1) is 6.32. The number of rotatable bonds is 2. The van der Waals surface area contributed by atoms with E-state index in [0.29, 0.717) is 0 Å². The molecule has 3 N–H and O–H groups in total. The van der Waals surface area contributed by atoms with Crippen LogP contribution in [0.3, 0.4) is 0 Å². The molecule has 1 aromatic heterocycles. The molecule has 0 saturated carbocycles. The minimum Gasteiger partial charge on any atom is -0.476 e. The molecule has 0 aliphatic rings. The Kier molecular flexibility index (Phi) is 2.39. The van der Waals surface area contributed by atoms with Gasteiger partial charge in [0.1, 0.15) is 0 Å². The Balaban J connectivity index is 3.42. The number of nitrogens with two attached hydrogens (primary N) is 1. The number of carbonyl (C=O) groups is 1. The van der Waals surface area contributed by atoms with Gasteiger partial charge in [0.05, 0.1) is 6.20 Å². The van der Waals surface area contributed by atoms with E-state index in [-0.39, 0.29) is 5.82 Å². The topological polar surface area (TPSA) is 123 Å². The van der Waals surface area contributed by atoms with E-state index in [9.17, 15) is 13.2 Å². The highest BCUT2D eigenvalue weighted by Crippen LogP contribution is 2.09. The summed E-state index contributed by atoms with van der Waals surface area (Å²) in [6, 6.07) is 0. The Morgan fingerprint density at radius 3 is 2.57 bits per heavy atom. The molecule has 0 aromatic carbocycles. The minimum atomic E-state index is -3.57. The Morgan fingerprint density at radius 2 is 2.14 bits per heavy atom. The van der Waals surface area contributed by atoms with Crippen LogP contribution in [0.25, 0.3) is 0 Å². The van der Waals surface area contributed by atoms with E-state index in [4.69, 9.17) is 10.8 Å². The Bertz CT molecular complexity index is 482. The molecule has 0 spiro atoms. The van der Waals surface area contributed by atoms with Crippen LogP contribution < -0.4 is 5.73 Å². The van der Waals surface area contributed by atoms with Crippen molar-refractivity contribution in [3.8, 4) is 0 Å². The van der Waals surface area contributed by atoms with E-state index < -0.39 is 26.5 Å². The van der Waals surface area contributed by atoms with Crippen LogP contribution in [-0.2, 0) is 9.84 Å². The van der Waals surface area contributed by atoms with Crippen LogP contribution >= 0.6 is 0 Å². The van der Waals surface area contributed by atoms with Crippen LogP contribution in [-0.4, -0.2) is 35.7 Å². The van der Waals surface area contributed by atoms with E-state index in [0.717, 1.165) is 12.5 Å². The third kappa shape index (κ3) is 1.96. The van der Waals surface area contributed by atoms with Crippen molar-refractivity contribution in [1.82, 2.24) is 9.97 Å². The normalized spacial score (nSPS) is 11.2. The van der Waals surface area contributed by atoms with Crippen molar-refractivity contribution in [2.75, 3.05) is 12.0 Å². The molecule has 0 amide bonds. The second-order valence-corrected chi connectivity index (χ2v) is 4.48. The molecule has 14 heavy (non-hydrogen) atoms. The van der Waals surface area contributed by atoms with Crippen LogP contribution in [0.5, 0.6) is 0 Å². The second-order valence-electron chi connectivity index (χ2n) is 2.52. The van der Waals surface area contributed by atoms with Gasteiger partial charge in [-0.1, -0.05) is 0 Å². The molecule has 1 rings (SSSR count). The average molecular weight is 217 g/mol. The zero-order chi connectivity index (χ0) is 10.9. The molecule has 0 fully saturated rings. The van der Waals surface area contributed by atoms with Gasteiger partial charge in [-0.3, -0.25) is 0 Å². The fourth-order valence-electron chi connectivity index (χ4n) is 0.718. The molecule has 0 aliphatic carbocycles. The lowest BCUT2D eigenvalue weighted by Gasteiger charge is -2.00. The maximum atomic E-state index is 11.0. The summed E-state index contributed by atoms with van der Waals surface area (Å²) in [7, 11) is -3.57. The molecule has 0 saturated heterocycles. The van der Waals surface area contributed by atoms with Crippen molar-refractivity contribution < 1.29 is 18.3 Å². The molecular formula is C6H7N3O4S. The maximum Gasteiger partial charge on any atom is 0.358 e. The van der Waals surface area contributed by atoms with Crippen LogP contribution in [0.4, 0.5) is 5.82 Å². The van der Waals surface area contributed by atoms with Gasteiger partial charge in [-0.15, -0.1) is 0 Å². The van der Waals surface area contributed by atoms with Gasteiger partial charge in [-0.25, -0.2) is 23.2 Å². The van der Waals surface area contributed by atoms with Crippen molar-refractivity contribution in [3.05, 3.63) is 11.9 Å². The molecule has 1 heterocycles. The molecule has 0 atom stereocenters. The molecule has 0 aliphatic heterocycles. The largest absolute Gasteiger partial charge is 0.476 e. The lowest BCUT2D eigenvalue weighted by Crippen LogP contribution is -2.11. The summed E-state index contributed by atoms with van der Waals surface area (Å²) >= 11 is 0. The number of nitrogens with zero attached hydrogens (tertiary/aromatic N) is 2. The molecule has 0 radical (unpaired) electrons. The number of carboxylic acids is 1. The van der Waals surface area contributed by atoms with Crippen LogP contribution in [0, 0.1) is 0 Å². The van der Waals surface area contributed by atoms with Gasteiger partial charge in [0.15, 0.2) is 26.4 Å². The van der Waals surface area contributed by atoms with Gasteiger partial charge in [0.25, 0.3) is 0 Å². The lowest BCUT2D eigenvalue weighted by molar-refractivity contribution is 0.0690. The summed E-state index contributed by atoms with van der Waals surface area (Å²) in [5.74, 6) is -1.73. The van der Waals surface area contributed by atoms with E-state index in [1.165, 1.54) is 0 Å². The minimum absolute atomic E-state index is 0.315. The molecule has 7 nitrogen and oxygen atoms in total. The van der Waals surface area contributed by atoms with E-state index >= 15 is 0 Å². The number of aromatic carboxylic acids is 1. The van der Waals surface area contributed by atoms with Crippen molar-refractivity contribution in [2.24, 2.45) is 0 Å². The number of carboxylic acid groups (broad SMARTS) is 1. The Labute approximate surface area is 79.5 Å². The van der Waals surface area contributed by atoms with E-state index in [1.54, 1.807) is 0 Å². The summed E-state index contributed by atoms with van der Waals surface area (Å²) in [5.41, 5.74) is 4.62. The van der Waals surface area contributed by atoms with Gasteiger partial charge in [-0.05, 0) is 0 Å². The predicted molar refractivity (Wildman–Crippen MR) is 46.5 cm³/mol. The Hall–Kier alpha value is -1.70. The summed E-state index contributed by atoms with van der Waals surface area (Å²) < 4.78 is 22.0. The molecule has 76 valence electrons. The highest BCUT2D eigenvalue weighted by atomic mass is 32.2. The van der Waals surface area contributed by atoms with Crippen molar-refractivity contribution in [2.45, 2.75) is 5.03 Å². The summed E-state index contributed by atoms with van der Waals surface area (Å²) in [6.45, 7) is 0. The predicted octanol–water partition coefficient (Wildman–Crippen LogP) is -0.839. The first kappa shape index (κ1) is 10.4. The molecule has 1 aromatic rings. The van der Waals surface area contributed by atoms with Gasteiger partial charge in [0, 0.05) is 6.26 Å². The third-order valence-corrected chi connectivity index (χ3v) is 2.32. The van der Waals surface area contributed by atoms with Gasteiger partial charge < -0.3 is 10.8 Å². The number of hydrogen-bond donors (Lipinski definition) is 2. The fraction of sp³-hybridized carbons (Fsp3) is 0.167. The smallest absolute Gasteiger partial charge is 0.358 e. The standard InChI is InChI=1S/C6H7N3O4S/c1-14(12,13)3-2-8-5(7)4(9-3)6(10)11/h2H,1H3,(H2,7,8)(H,10,11). The number of hydrogen-bond acceptors (Lipinski definition) is 6. The summed E-state index contributed by atoms with van der Waals surface area (Å²) in [5, 5.41) is 8.17. The zero-order valence-electron chi connectivity index (χ0n) is 7.13. The Morgan fingerprint density at radius 1 is 1.57 bits per heavy atom. The third-order valence-electron chi connectivity index (χ3n) is 1.36. The fourth-order valence-corrected chi connectivity index (χ4v) is 1.22. The second kappa shape index (κ2) is 3.22. The number of anilines is 1. The number of sulfone groups is 1. The van der Waals surface area contributed by atoms with Crippen molar-refractivity contribution in [1.29, 1.82) is 0 Å². The van der Waals surface area contributed by atoms with Crippen LogP contribution in [0.1, 0.15) is 10.5 Å². The maximum absolute atomic E-state index is 11.0. The monoisotopic (exact) mass is 217 g/mol. The number of nitrogen functional groups attached to an aromatic ring is 1. The van der Waals surface area contributed by atoms with E-state index in [2.05, 4.69) is 9.97 Å². The molecule has 0 bridgehead atoms. The molecular weight excluding hydrogens is 210 g/mol. The highest BCUT2D eigenvalue weighted by Gasteiger charge is 2.16. The number of aromatic nitrogens is 2. The van der Waals surface area contributed by atoms with E-state index in [1.807, 2.05) is 0 Å². The van der Waals surface area contributed by atoms with Gasteiger partial charge in [-0.2, -0.15) is 0 Å². The quantitative estimate of drug-likeness (QED) is 0.661. The van der Waals surface area contributed by atoms with Gasteiger partial charge in [0.2, 0.25) is 0 Å². The highest BCUT2D eigenvalue weighted by molar-refractivity contribution is 7.90. The first-order valence-corrected chi connectivity index (χ1v) is 5.27. The van der Waals surface area contributed by atoms with Crippen molar-refractivity contribution in [3.63, 3.8) is 0 Å². The molecule has 0 unspecified atom stereocenters. The molecule has 8 heteroatoms.